The summed E-state index contributed by atoms with van der Waals surface area (Å²) in [5.74, 6) is -8.29. The Morgan fingerprint density at radius 1 is 0.867 bits per heavy atom. The zero-order valence-electron chi connectivity index (χ0n) is 24.5. The van der Waals surface area contributed by atoms with E-state index in [0.717, 1.165) is 25.0 Å². The fraction of sp³-hybridized carbons (Fsp3) is 0.667. The molecular weight excluding hydrogens is 626 g/mol. The topological polar surface area (TPSA) is 176 Å². The molecule has 0 saturated carbocycles. The number of carbonyl (C=O) groups excluding carboxylic acids is 3. The van der Waals surface area contributed by atoms with Gasteiger partial charge in [-0.15, -0.1) is 0 Å². The quantitative estimate of drug-likeness (QED) is 0.0296. The monoisotopic (exact) mass is 663 g/mol. The Kier molecular flexibility index (Phi) is 15.5. The number of azide groups is 1. The maximum atomic E-state index is 14.0. The minimum absolute atomic E-state index is 0.0141. The summed E-state index contributed by atoms with van der Waals surface area (Å²) in [4.78, 5) is 37.5. The Morgan fingerprint density at radius 2 is 1.47 bits per heavy atom. The number of hydrogen-bond acceptors (Lipinski definition) is 8. The molecule has 13 nitrogen and oxygen atoms in total. The first kappa shape index (κ1) is 36.2. The molecule has 2 fully saturated rings. The van der Waals surface area contributed by atoms with E-state index in [0.29, 0.717) is 44.5 Å². The lowest BCUT2D eigenvalue weighted by Gasteiger charge is -2.16. The minimum atomic E-state index is -1.97. The van der Waals surface area contributed by atoms with Gasteiger partial charge in [-0.3, -0.25) is 9.59 Å². The molecular formula is C27H37F4N7O6S. The van der Waals surface area contributed by atoms with Gasteiger partial charge in [0.2, 0.25) is 5.91 Å². The summed E-state index contributed by atoms with van der Waals surface area (Å²) in [6.07, 6.45) is 4.11. The third-order valence-electron chi connectivity index (χ3n) is 6.98. The van der Waals surface area contributed by atoms with Crippen molar-refractivity contribution in [3.8, 4) is 0 Å². The summed E-state index contributed by atoms with van der Waals surface area (Å²) in [6.45, 7) is 2.32. The number of hydrogen-bond donors (Lipinski definition) is 4. The average molecular weight is 664 g/mol. The van der Waals surface area contributed by atoms with Gasteiger partial charge in [-0.25, -0.2) is 22.4 Å². The highest BCUT2D eigenvalue weighted by atomic mass is 32.2. The lowest BCUT2D eigenvalue weighted by molar-refractivity contribution is -0.121. The van der Waals surface area contributed by atoms with Gasteiger partial charge >= 0.3 is 6.03 Å². The molecule has 1 aromatic carbocycles. The third-order valence-corrected chi connectivity index (χ3v) is 8.48. The van der Waals surface area contributed by atoms with Gasteiger partial charge in [-0.05, 0) is 31.2 Å². The summed E-state index contributed by atoms with van der Waals surface area (Å²) in [6, 6.07) is 0.314. The maximum absolute atomic E-state index is 14.0. The van der Waals surface area contributed by atoms with Gasteiger partial charge in [0.15, 0.2) is 23.3 Å². The summed E-state index contributed by atoms with van der Waals surface area (Å²) in [7, 11) is 0. The van der Waals surface area contributed by atoms with E-state index >= 15 is 0 Å². The zero-order valence-corrected chi connectivity index (χ0v) is 25.4. The summed E-state index contributed by atoms with van der Waals surface area (Å²) < 4.78 is 71.8. The van der Waals surface area contributed by atoms with Gasteiger partial charge in [-0.2, -0.15) is 11.8 Å². The first-order valence-corrected chi connectivity index (χ1v) is 15.7. The fourth-order valence-corrected chi connectivity index (χ4v) is 6.27. The number of amides is 4. The van der Waals surface area contributed by atoms with Crippen LogP contribution in [0, 0.1) is 23.3 Å². The number of rotatable bonds is 21. The van der Waals surface area contributed by atoms with Crippen molar-refractivity contribution in [2.45, 2.75) is 55.9 Å². The van der Waals surface area contributed by atoms with E-state index in [1.165, 1.54) is 0 Å². The van der Waals surface area contributed by atoms with Gasteiger partial charge in [0.1, 0.15) is 11.3 Å². The number of benzene rings is 1. The number of fused-ring (bicyclic) bond motifs is 1. The van der Waals surface area contributed by atoms with Crippen molar-refractivity contribution in [3.05, 3.63) is 39.3 Å². The number of nitrogens with one attached hydrogen (secondary N) is 4. The number of carbonyl (C=O) groups is 3. The highest BCUT2D eigenvalue weighted by Crippen LogP contribution is 2.33. The molecule has 2 heterocycles. The molecule has 4 amide bonds. The highest BCUT2D eigenvalue weighted by Gasteiger charge is 2.42. The molecule has 0 radical (unpaired) electrons. The molecule has 0 spiro atoms. The second-order valence-electron chi connectivity index (χ2n) is 10.2. The Balaban J connectivity index is 1.09. The van der Waals surface area contributed by atoms with Crippen LogP contribution in [0.1, 0.15) is 48.9 Å². The molecule has 0 aromatic heterocycles. The molecule has 2 aliphatic rings. The molecule has 3 rings (SSSR count). The van der Waals surface area contributed by atoms with Crippen LogP contribution in [0.3, 0.4) is 0 Å². The van der Waals surface area contributed by atoms with Crippen LogP contribution >= 0.6 is 11.8 Å². The van der Waals surface area contributed by atoms with E-state index < -0.39 is 40.4 Å². The van der Waals surface area contributed by atoms with E-state index in [1.807, 2.05) is 11.8 Å². The van der Waals surface area contributed by atoms with E-state index in [2.05, 4.69) is 31.3 Å². The van der Waals surface area contributed by atoms with Crippen LogP contribution in [0.5, 0.6) is 0 Å². The number of unbranched alkanes of at least 4 members (excludes halogenated alkanes) is 1. The van der Waals surface area contributed by atoms with Gasteiger partial charge in [0.05, 0.1) is 38.5 Å². The first-order valence-electron chi connectivity index (χ1n) is 14.6. The number of thioether (sulfide) groups is 1. The molecule has 2 aliphatic heterocycles. The van der Waals surface area contributed by atoms with Crippen LogP contribution in [0.15, 0.2) is 5.11 Å². The van der Waals surface area contributed by atoms with Crippen molar-refractivity contribution in [2.24, 2.45) is 5.11 Å². The SMILES string of the molecule is [N-]=[N+]=Nc1c(F)c(F)c(C(=O)NCCCOCCOCCOCCCNC(=O)CCCC[C@@H]2SC[C@@H]3NC(=O)N[C@@H]32)c(F)c1F. The van der Waals surface area contributed by atoms with Crippen molar-refractivity contribution in [3.63, 3.8) is 0 Å². The molecule has 18 heteroatoms. The Hall–Kier alpha value is -3.31. The Bertz CT molecular complexity index is 1200. The molecule has 3 atom stereocenters. The first-order chi connectivity index (χ1) is 21.7. The Morgan fingerprint density at radius 3 is 2.09 bits per heavy atom. The van der Waals surface area contributed by atoms with Crippen LogP contribution in [0.25, 0.3) is 10.4 Å². The van der Waals surface area contributed by atoms with E-state index in [9.17, 15) is 31.9 Å². The molecule has 250 valence electrons. The molecule has 0 unspecified atom stereocenters. The molecule has 0 aliphatic carbocycles. The van der Waals surface area contributed by atoms with Crippen LogP contribution in [-0.4, -0.2) is 93.7 Å². The molecule has 45 heavy (non-hydrogen) atoms. The van der Waals surface area contributed by atoms with Gasteiger partial charge in [0, 0.05) is 48.6 Å². The van der Waals surface area contributed by atoms with Crippen LogP contribution in [0.2, 0.25) is 0 Å². The third kappa shape index (κ3) is 11.2. The average Bonchev–Trinajstić information content (AvgIpc) is 3.57. The Labute approximate surface area is 261 Å². The van der Waals surface area contributed by atoms with Crippen molar-refractivity contribution in [1.29, 1.82) is 0 Å². The summed E-state index contributed by atoms with van der Waals surface area (Å²) in [5, 5.41) is 13.9. The van der Waals surface area contributed by atoms with E-state index in [1.54, 1.807) is 0 Å². The second kappa shape index (κ2) is 19.3. The molecule has 4 N–H and O–H groups in total. The number of nitrogens with zero attached hydrogens (tertiary/aromatic N) is 3. The summed E-state index contributed by atoms with van der Waals surface area (Å²) >= 11 is 1.87. The van der Waals surface area contributed by atoms with Crippen molar-refractivity contribution in [2.75, 3.05) is 58.5 Å². The maximum Gasteiger partial charge on any atom is 0.315 e. The number of halogens is 4. The zero-order chi connectivity index (χ0) is 32.6. The fourth-order valence-electron chi connectivity index (χ4n) is 4.72. The second-order valence-corrected chi connectivity index (χ2v) is 11.5. The molecule has 0 bridgehead atoms. The van der Waals surface area contributed by atoms with Gasteiger partial charge in [0.25, 0.3) is 5.91 Å². The molecule has 2 saturated heterocycles. The van der Waals surface area contributed by atoms with Crippen LogP contribution < -0.4 is 21.3 Å². The summed E-state index contributed by atoms with van der Waals surface area (Å²) in [5.41, 5.74) is 5.30. The van der Waals surface area contributed by atoms with Crippen LogP contribution in [0.4, 0.5) is 28.0 Å². The van der Waals surface area contributed by atoms with E-state index in [4.69, 9.17) is 19.7 Å². The largest absolute Gasteiger partial charge is 0.379 e. The lowest BCUT2D eigenvalue weighted by atomic mass is 10.0. The smallest absolute Gasteiger partial charge is 0.315 e. The minimum Gasteiger partial charge on any atom is -0.379 e. The number of ether oxygens (including phenoxy) is 3. The van der Waals surface area contributed by atoms with Crippen molar-refractivity contribution in [1.82, 2.24) is 21.3 Å². The standard InChI is InChI=1S/C27H37F4N7O6S/c28-20-19(21(29)23(31)25(22(20)30)37-38-32)26(40)34-8-4-10-43-12-14-44-13-11-42-9-3-7-33-18(39)6-2-1-5-17-24-16(15-45-17)35-27(41)36-24/h16-17,24H,1-15H2,(H,33,39)(H,34,40)(H2,35,36,41)/t16-,17-,24-/m0/s1. The lowest BCUT2D eigenvalue weighted by Crippen LogP contribution is -2.36. The van der Waals surface area contributed by atoms with Gasteiger partial charge < -0.3 is 35.5 Å². The van der Waals surface area contributed by atoms with Gasteiger partial charge in [-0.1, -0.05) is 11.5 Å². The normalized spacial score (nSPS) is 18.6. The molecule has 1 aromatic rings. The van der Waals surface area contributed by atoms with Crippen LogP contribution in [-0.2, 0) is 19.0 Å². The van der Waals surface area contributed by atoms with Crippen molar-refractivity contribution < 1.29 is 46.2 Å². The van der Waals surface area contributed by atoms with E-state index in [-0.39, 0.29) is 56.8 Å². The number of urea groups is 1. The predicted molar refractivity (Wildman–Crippen MR) is 156 cm³/mol. The highest BCUT2D eigenvalue weighted by molar-refractivity contribution is 8.00. The van der Waals surface area contributed by atoms with Crippen molar-refractivity contribution >= 4 is 35.3 Å². The predicted octanol–water partition coefficient (Wildman–Crippen LogP) is 3.59.